The first-order valence-electron chi connectivity index (χ1n) is 3.87. The molecule has 1 aliphatic carbocycles. The van der Waals surface area contributed by atoms with Crippen molar-refractivity contribution in [1.29, 1.82) is 0 Å². The second kappa shape index (κ2) is 1.96. The van der Waals surface area contributed by atoms with Gasteiger partial charge in [-0.3, -0.25) is 0 Å². The van der Waals surface area contributed by atoms with Crippen molar-refractivity contribution in [1.82, 2.24) is 5.32 Å². The average molecular weight is 126 g/mol. The molecule has 0 amide bonds. The minimum atomic E-state index is 0.505. The quantitative estimate of drug-likeness (QED) is 0.482. The highest BCUT2D eigenvalue weighted by molar-refractivity contribution is 4.95. The van der Waals surface area contributed by atoms with Crippen molar-refractivity contribution >= 4 is 0 Å². The zero-order valence-corrected chi connectivity index (χ0v) is 5.64. The Morgan fingerprint density at radius 2 is 2.11 bits per heavy atom. The Hall–Kier alpha value is -0.0800. The summed E-state index contributed by atoms with van der Waals surface area (Å²) in [6, 6.07) is 1.28. The van der Waals surface area contributed by atoms with Gasteiger partial charge < -0.3 is 11.1 Å². The molecule has 0 bridgehead atoms. The van der Waals surface area contributed by atoms with E-state index in [9.17, 15) is 0 Å². The molecule has 52 valence electrons. The Labute approximate surface area is 55.8 Å². The first-order chi connectivity index (χ1) is 4.38. The molecule has 3 atom stereocenters. The topological polar surface area (TPSA) is 38.0 Å². The summed E-state index contributed by atoms with van der Waals surface area (Å²) in [7, 11) is 0. The van der Waals surface area contributed by atoms with Gasteiger partial charge in [0.1, 0.15) is 0 Å². The van der Waals surface area contributed by atoms with Gasteiger partial charge in [-0.15, -0.1) is 0 Å². The van der Waals surface area contributed by atoms with Gasteiger partial charge in [-0.25, -0.2) is 0 Å². The zero-order valence-electron chi connectivity index (χ0n) is 5.64. The Balaban J connectivity index is 2.07. The van der Waals surface area contributed by atoms with Gasteiger partial charge in [-0.1, -0.05) is 0 Å². The van der Waals surface area contributed by atoms with E-state index in [1.807, 2.05) is 0 Å². The molecule has 0 spiro atoms. The van der Waals surface area contributed by atoms with Gasteiger partial charge in [0.25, 0.3) is 0 Å². The monoisotopic (exact) mass is 126 g/mol. The van der Waals surface area contributed by atoms with Crippen LogP contribution < -0.4 is 11.1 Å². The molecular weight excluding hydrogens is 112 g/mol. The van der Waals surface area contributed by atoms with Crippen LogP contribution in [-0.2, 0) is 0 Å². The van der Waals surface area contributed by atoms with Crippen molar-refractivity contribution in [3.05, 3.63) is 0 Å². The van der Waals surface area contributed by atoms with Crippen LogP contribution in [0, 0.1) is 5.92 Å². The third kappa shape index (κ3) is 0.775. The molecule has 2 fully saturated rings. The third-order valence-electron chi connectivity index (χ3n) is 2.76. The fraction of sp³-hybridized carbons (Fsp3) is 1.00. The lowest BCUT2D eigenvalue weighted by Gasteiger charge is -2.11. The predicted octanol–water partition coefficient (Wildman–Crippen LogP) is 0.0856. The lowest BCUT2D eigenvalue weighted by Crippen LogP contribution is -2.29. The number of fused-ring (bicyclic) bond motifs is 1. The fourth-order valence-corrected chi connectivity index (χ4v) is 2.20. The van der Waals surface area contributed by atoms with Gasteiger partial charge in [0.2, 0.25) is 0 Å². The van der Waals surface area contributed by atoms with Crippen LogP contribution in [0.15, 0.2) is 0 Å². The molecule has 2 nitrogen and oxygen atoms in total. The van der Waals surface area contributed by atoms with Crippen LogP contribution in [0.4, 0.5) is 0 Å². The summed E-state index contributed by atoms with van der Waals surface area (Å²) in [6.07, 6.45) is 3.86. The molecule has 9 heavy (non-hydrogen) atoms. The molecule has 2 aliphatic rings. The van der Waals surface area contributed by atoms with Crippen molar-refractivity contribution in [2.24, 2.45) is 11.7 Å². The lowest BCUT2D eigenvalue weighted by molar-refractivity contribution is 0.470. The molecule has 1 saturated heterocycles. The first-order valence-corrected chi connectivity index (χ1v) is 3.87. The second-order valence-corrected chi connectivity index (χ2v) is 3.25. The number of nitrogens with two attached hydrogens (primary N) is 1. The molecule has 0 aromatic rings. The zero-order chi connectivity index (χ0) is 6.27. The summed E-state index contributed by atoms with van der Waals surface area (Å²) in [5, 5.41) is 3.47. The van der Waals surface area contributed by atoms with E-state index in [0.29, 0.717) is 6.04 Å². The van der Waals surface area contributed by atoms with Crippen LogP contribution in [0.2, 0.25) is 0 Å². The van der Waals surface area contributed by atoms with Crippen molar-refractivity contribution < 1.29 is 0 Å². The maximum Gasteiger partial charge on any atom is 0.0111 e. The highest BCUT2D eigenvalue weighted by Gasteiger charge is 2.36. The van der Waals surface area contributed by atoms with E-state index in [1.54, 1.807) is 0 Å². The Morgan fingerprint density at radius 3 is 2.89 bits per heavy atom. The van der Waals surface area contributed by atoms with E-state index >= 15 is 0 Å². The Kier molecular flexibility index (Phi) is 1.24. The van der Waals surface area contributed by atoms with Crippen LogP contribution in [0.5, 0.6) is 0 Å². The maximum absolute atomic E-state index is 5.88. The van der Waals surface area contributed by atoms with E-state index < -0.39 is 0 Å². The summed E-state index contributed by atoms with van der Waals surface area (Å²) in [6.45, 7) is 1.20. The third-order valence-corrected chi connectivity index (χ3v) is 2.76. The molecule has 2 heteroatoms. The molecule has 3 N–H and O–H groups in total. The molecule has 2 rings (SSSR count). The van der Waals surface area contributed by atoms with Crippen LogP contribution in [-0.4, -0.2) is 18.6 Å². The lowest BCUT2D eigenvalue weighted by atomic mass is 10.0. The summed E-state index contributed by atoms with van der Waals surface area (Å²) in [5.41, 5.74) is 5.88. The number of hydrogen-bond donors (Lipinski definition) is 2. The summed E-state index contributed by atoms with van der Waals surface area (Å²) in [4.78, 5) is 0. The molecular formula is C7H14N2. The second-order valence-electron chi connectivity index (χ2n) is 3.25. The van der Waals surface area contributed by atoms with Gasteiger partial charge in [-0.05, 0) is 31.7 Å². The minimum Gasteiger partial charge on any atom is -0.327 e. The van der Waals surface area contributed by atoms with Crippen molar-refractivity contribution in [3.8, 4) is 0 Å². The van der Waals surface area contributed by atoms with E-state index in [1.165, 1.54) is 25.8 Å². The van der Waals surface area contributed by atoms with Gasteiger partial charge in [0.15, 0.2) is 0 Å². The maximum atomic E-state index is 5.88. The van der Waals surface area contributed by atoms with Crippen LogP contribution in [0.1, 0.15) is 19.3 Å². The van der Waals surface area contributed by atoms with E-state index in [-0.39, 0.29) is 0 Å². The standard InChI is InChI=1S/C7H14N2/c8-6-1-2-7-5(6)3-4-9-7/h5-7,9H,1-4,8H2/t5-,6-,7+/m1/s1. The Morgan fingerprint density at radius 1 is 1.22 bits per heavy atom. The minimum absolute atomic E-state index is 0.505. The molecule has 1 heterocycles. The fourth-order valence-electron chi connectivity index (χ4n) is 2.20. The van der Waals surface area contributed by atoms with E-state index in [4.69, 9.17) is 5.73 Å². The summed E-state index contributed by atoms with van der Waals surface area (Å²) < 4.78 is 0. The average Bonchev–Trinajstić information content (AvgIpc) is 2.35. The van der Waals surface area contributed by atoms with E-state index in [2.05, 4.69) is 5.32 Å². The van der Waals surface area contributed by atoms with Crippen LogP contribution in [0.3, 0.4) is 0 Å². The Bertz CT molecular complexity index is 113. The van der Waals surface area contributed by atoms with E-state index in [0.717, 1.165) is 12.0 Å². The highest BCUT2D eigenvalue weighted by atomic mass is 15.0. The number of hydrogen-bond acceptors (Lipinski definition) is 2. The largest absolute Gasteiger partial charge is 0.327 e. The first kappa shape index (κ1) is 5.69. The highest BCUT2D eigenvalue weighted by Crippen LogP contribution is 2.30. The summed E-state index contributed by atoms with van der Waals surface area (Å²) >= 11 is 0. The SMILES string of the molecule is N[C@@H]1CC[C@@H]2NCC[C@H]12. The van der Waals surface area contributed by atoms with Gasteiger partial charge >= 0.3 is 0 Å². The number of nitrogens with one attached hydrogen (secondary N) is 1. The predicted molar refractivity (Wildman–Crippen MR) is 37.1 cm³/mol. The normalized spacial score (nSPS) is 49.7. The summed E-state index contributed by atoms with van der Waals surface area (Å²) in [5.74, 6) is 0.810. The molecule has 0 aromatic carbocycles. The smallest absolute Gasteiger partial charge is 0.0111 e. The van der Waals surface area contributed by atoms with Gasteiger partial charge in [0.05, 0.1) is 0 Å². The van der Waals surface area contributed by atoms with Crippen LogP contribution >= 0.6 is 0 Å². The molecule has 0 unspecified atom stereocenters. The van der Waals surface area contributed by atoms with Crippen molar-refractivity contribution in [3.63, 3.8) is 0 Å². The van der Waals surface area contributed by atoms with Crippen molar-refractivity contribution in [2.45, 2.75) is 31.3 Å². The number of rotatable bonds is 0. The van der Waals surface area contributed by atoms with Crippen molar-refractivity contribution in [2.75, 3.05) is 6.54 Å². The molecule has 1 saturated carbocycles. The van der Waals surface area contributed by atoms with Gasteiger partial charge in [0, 0.05) is 12.1 Å². The molecule has 0 aromatic heterocycles. The molecule has 0 radical (unpaired) electrons. The van der Waals surface area contributed by atoms with Crippen LogP contribution in [0.25, 0.3) is 0 Å². The van der Waals surface area contributed by atoms with Gasteiger partial charge in [-0.2, -0.15) is 0 Å². The molecule has 1 aliphatic heterocycles.